The molecule has 2 heterocycles. The summed E-state index contributed by atoms with van der Waals surface area (Å²) in [4.78, 5) is 39.4. The number of hydrogen-bond acceptors (Lipinski definition) is 6. The summed E-state index contributed by atoms with van der Waals surface area (Å²) in [6.45, 7) is 5.77. The van der Waals surface area contributed by atoms with Crippen LogP contribution in [0.5, 0.6) is 0 Å². The summed E-state index contributed by atoms with van der Waals surface area (Å²) in [6.07, 6.45) is 0.514. The van der Waals surface area contributed by atoms with Crippen LogP contribution in [0, 0.1) is 5.92 Å². The van der Waals surface area contributed by atoms with Gasteiger partial charge in [-0.05, 0) is 27.2 Å². The van der Waals surface area contributed by atoms with Crippen molar-refractivity contribution in [2.24, 2.45) is 5.92 Å². The van der Waals surface area contributed by atoms with E-state index in [2.05, 4.69) is 0 Å². The molecule has 0 N–H and O–H groups in total. The molecule has 0 aromatic rings. The van der Waals surface area contributed by atoms with Crippen molar-refractivity contribution in [1.82, 2.24) is 9.80 Å². The predicted octanol–water partition coefficient (Wildman–Crippen LogP) is -0.178. The van der Waals surface area contributed by atoms with Gasteiger partial charge in [-0.1, -0.05) is 0 Å². The molecule has 2 saturated heterocycles. The quantitative estimate of drug-likeness (QED) is 0.598. The first-order valence-corrected chi connectivity index (χ1v) is 10.4. The zero-order valence-corrected chi connectivity index (χ0v) is 15.8. The van der Waals surface area contributed by atoms with Crippen molar-refractivity contribution in [3.63, 3.8) is 0 Å². The average molecular weight is 374 g/mol. The SMILES string of the molecule is CCN(C(=O)COC(=O)C1CC(=O)N(C(C)C)C1)C1CCS(=O)(=O)C1. The maximum atomic E-state index is 12.3. The molecule has 2 amide bonds. The van der Waals surface area contributed by atoms with Gasteiger partial charge in [0.25, 0.3) is 5.91 Å². The van der Waals surface area contributed by atoms with Crippen molar-refractivity contribution >= 4 is 27.6 Å². The molecule has 142 valence electrons. The molecule has 0 spiro atoms. The summed E-state index contributed by atoms with van der Waals surface area (Å²) < 4.78 is 28.3. The molecule has 0 aliphatic carbocycles. The lowest BCUT2D eigenvalue weighted by Gasteiger charge is -2.26. The van der Waals surface area contributed by atoms with E-state index in [1.165, 1.54) is 4.90 Å². The van der Waals surface area contributed by atoms with E-state index < -0.39 is 34.2 Å². The molecule has 2 fully saturated rings. The number of carbonyl (C=O) groups excluding carboxylic acids is 3. The van der Waals surface area contributed by atoms with Gasteiger partial charge in [-0.2, -0.15) is 0 Å². The van der Waals surface area contributed by atoms with Crippen LogP contribution in [0.15, 0.2) is 0 Å². The minimum atomic E-state index is -3.09. The third-order valence-corrected chi connectivity index (χ3v) is 6.51. The number of hydrogen-bond donors (Lipinski definition) is 0. The van der Waals surface area contributed by atoms with Gasteiger partial charge in [0.1, 0.15) is 0 Å². The van der Waals surface area contributed by atoms with E-state index in [1.54, 1.807) is 11.8 Å². The van der Waals surface area contributed by atoms with E-state index in [0.717, 1.165) is 0 Å². The van der Waals surface area contributed by atoms with E-state index in [1.807, 2.05) is 13.8 Å². The van der Waals surface area contributed by atoms with Crippen LogP contribution >= 0.6 is 0 Å². The van der Waals surface area contributed by atoms with E-state index in [4.69, 9.17) is 4.74 Å². The van der Waals surface area contributed by atoms with Gasteiger partial charge in [0.2, 0.25) is 5.91 Å². The Morgan fingerprint density at radius 3 is 2.52 bits per heavy atom. The van der Waals surface area contributed by atoms with Crippen molar-refractivity contribution in [3.05, 3.63) is 0 Å². The summed E-state index contributed by atoms with van der Waals surface area (Å²) in [5.41, 5.74) is 0. The van der Waals surface area contributed by atoms with Crippen LogP contribution < -0.4 is 0 Å². The number of carbonyl (C=O) groups is 3. The highest BCUT2D eigenvalue weighted by molar-refractivity contribution is 7.91. The molecule has 25 heavy (non-hydrogen) atoms. The summed E-state index contributed by atoms with van der Waals surface area (Å²) in [5.74, 6) is -1.56. The van der Waals surface area contributed by atoms with Crippen LogP contribution in [0.2, 0.25) is 0 Å². The molecule has 9 heteroatoms. The van der Waals surface area contributed by atoms with Crippen molar-refractivity contribution < 1.29 is 27.5 Å². The standard InChI is InChI=1S/C16H26N2O6S/c1-4-17(13-5-6-25(22,23)10-13)15(20)9-24-16(21)12-7-14(19)18(8-12)11(2)3/h11-13H,4-10H2,1-3H3. The van der Waals surface area contributed by atoms with Crippen molar-refractivity contribution in [2.75, 3.05) is 31.2 Å². The first kappa shape index (κ1) is 19.7. The number of sulfone groups is 1. The Kier molecular flexibility index (Phi) is 6.08. The molecular weight excluding hydrogens is 348 g/mol. The van der Waals surface area contributed by atoms with Crippen LogP contribution in [-0.4, -0.2) is 79.3 Å². The van der Waals surface area contributed by atoms with Gasteiger partial charge in [0.15, 0.2) is 16.4 Å². The lowest BCUT2D eigenvalue weighted by atomic mass is 10.1. The number of esters is 1. The highest BCUT2D eigenvalue weighted by Crippen LogP contribution is 2.22. The van der Waals surface area contributed by atoms with Crippen molar-refractivity contribution in [1.29, 1.82) is 0 Å². The Bertz CT molecular complexity index is 645. The molecule has 0 bridgehead atoms. The topological polar surface area (TPSA) is 101 Å². The lowest BCUT2D eigenvalue weighted by molar-refractivity contribution is -0.156. The Morgan fingerprint density at radius 1 is 1.36 bits per heavy atom. The van der Waals surface area contributed by atoms with E-state index in [9.17, 15) is 22.8 Å². The molecule has 2 aliphatic heterocycles. The second kappa shape index (κ2) is 7.72. The Hall–Kier alpha value is -1.64. The molecule has 0 aromatic carbocycles. The smallest absolute Gasteiger partial charge is 0.311 e. The van der Waals surface area contributed by atoms with Crippen LogP contribution in [0.3, 0.4) is 0 Å². The second-order valence-electron chi connectivity index (χ2n) is 6.89. The van der Waals surface area contributed by atoms with E-state index in [-0.39, 0.29) is 35.9 Å². The van der Waals surface area contributed by atoms with Gasteiger partial charge in [0.05, 0.1) is 17.4 Å². The first-order valence-electron chi connectivity index (χ1n) is 8.60. The molecule has 0 radical (unpaired) electrons. The van der Waals surface area contributed by atoms with Crippen molar-refractivity contribution in [3.8, 4) is 0 Å². The Labute approximate surface area is 148 Å². The van der Waals surface area contributed by atoms with E-state index >= 15 is 0 Å². The number of rotatable bonds is 6. The number of nitrogens with zero attached hydrogens (tertiary/aromatic N) is 2. The lowest BCUT2D eigenvalue weighted by Crippen LogP contribution is -2.43. The normalized spacial score (nSPS) is 25.4. The number of likely N-dealkylation sites (tertiary alicyclic amines) is 1. The highest BCUT2D eigenvalue weighted by Gasteiger charge is 2.38. The number of amides is 2. The van der Waals surface area contributed by atoms with E-state index in [0.29, 0.717) is 19.5 Å². The van der Waals surface area contributed by atoms with Gasteiger partial charge < -0.3 is 14.5 Å². The molecule has 0 saturated carbocycles. The minimum Gasteiger partial charge on any atom is -0.455 e. The fourth-order valence-corrected chi connectivity index (χ4v) is 5.11. The molecule has 2 atom stereocenters. The second-order valence-corrected chi connectivity index (χ2v) is 9.11. The number of likely N-dealkylation sites (N-methyl/N-ethyl adjacent to an activating group) is 1. The van der Waals surface area contributed by atoms with Crippen LogP contribution in [0.25, 0.3) is 0 Å². The Balaban J connectivity index is 1.86. The van der Waals surface area contributed by atoms with Gasteiger partial charge in [0, 0.05) is 31.6 Å². The van der Waals surface area contributed by atoms with Crippen LogP contribution in [0.4, 0.5) is 0 Å². The summed E-state index contributed by atoms with van der Waals surface area (Å²) >= 11 is 0. The molecule has 0 aromatic heterocycles. The first-order chi connectivity index (χ1) is 11.6. The summed E-state index contributed by atoms with van der Waals surface area (Å²) in [7, 11) is -3.09. The maximum Gasteiger partial charge on any atom is 0.311 e. The van der Waals surface area contributed by atoms with Gasteiger partial charge >= 0.3 is 5.97 Å². The predicted molar refractivity (Wildman–Crippen MR) is 90.4 cm³/mol. The largest absolute Gasteiger partial charge is 0.455 e. The molecule has 8 nitrogen and oxygen atoms in total. The third kappa shape index (κ3) is 4.71. The zero-order valence-electron chi connectivity index (χ0n) is 14.9. The molecule has 2 unspecified atom stereocenters. The summed E-state index contributed by atoms with van der Waals surface area (Å²) in [5, 5.41) is 0. The number of ether oxygens (including phenoxy) is 1. The fraction of sp³-hybridized carbons (Fsp3) is 0.812. The van der Waals surface area contributed by atoms with Crippen LogP contribution in [0.1, 0.15) is 33.6 Å². The summed E-state index contributed by atoms with van der Waals surface area (Å²) in [6, 6.07) is -0.336. The maximum absolute atomic E-state index is 12.3. The highest BCUT2D eigenvalue weighted by atomic mass is 32.2. The van der Waals surface area contributed by atoms with Gasteiger partial charge in [-0.3, -0.25) is 14.4 Å². The minimum absolute atomic E-state index is 0.0202. The molecule has 2 aliphatic rings. The van der Waals surface area contributed by atoms with Crippen LogP contribution in [-0.2, 0) is 29.0 Å². The van der Waals surface area contributed by atoms with Gasteiger partial charge in [-0.15, -0.1) is 0 Å². The zero-order chi connectivity index (χ0) is 18.8. The average Bonchev–Trinajstić information content (AvgIpc) is 3.08. The molecule has 2 rings (SSSR count). The monoisotopic (exact) mass is 374 g/mol. The fourth-order valence-electron chi connectivity index (χ4n) is 3.38. The Morgan fingerprint density at radius 2 is 2.04 bits per heavy atom. The third-order valence-electron chi connectivity index (χ3n) is 4.76. The molecular formula is C16H26N2O6S. The van der Waals surface area contributed by atoms with Crippen molar-refractivity contribution in [2.45, 2.75) is 45.7 Å². The van der Waals surface area contributed by atoms with Gasteiger partial charge in [-0.25, -0.2) is 8.42 Å².